The van der Waals surface area contributed by atoms with Crippen molar-refractivity contribution in [1.82, 2.24) is 41.2 Å². The molecule has 1 unspecified atom stereocenters. The highest BCUT2D eigenvalue weighted by molar-refractivity contribution is 5.23. The summed E-state index contributed by atoms with van der Waals surface area (Å²) in [5, 5.41) is 26.2. The van der Waals surface area contributed by atoms with Crippen LogP contribution in [0.3, 0.4) is 0 Å². The molecule has 2 aromatic rings. The standard InChI is InChI=1S/C35H60N8O2/c1-32(2)22-34(44-24-32)10-6-26(7-11-34)31-29(21-40-42-31)19-38-16-17-43(5)33(3)23-35(45-25-33)12-8-27(9-13-35)30-28(20-39-41-30)18-37-15-14-36-4/h20-21,26-27,36-38H,6-19,22-25H2,1-5H3,(H,39,41)(H,40,42)/t26-,27-,33?,34+,35-. The monoisotopic (exact) mass is 624 g/mol. The highest BCUT2D eigenvalue weighted by atomic mass is 16.5. The number of hydrogen-bond acceptors (Lipinski definition) is 8. The van der Waals surface area contributed by atoms with E-state index in [0.717, 1.165) is 97.4 Å². The number of aromatic nitrogens is 4. The Bertz CT molecular complexity index is 1230. The van der Waals surface area contributed by atoms with E-state index in [1.54, 1.807) is 0 Å². The average molecular weight is 625 g/mol. The zero-order valence-electron chi connectivity index (χ0n) is 28.7. The Kier molecular flexibility index (Phi) is 10.1. The van der Waals surface area contributed by atoms with Crippen molar-refractivity contribution in [2.45, 2.75) is 127 Å². The van der Waals surface area contributed by atoms with E-state index < -0.39 is 0 Å². The van der Waals surface area contributed by atoms with Gasteiger partial charge in [0.1, 0.15) is 0 Å². The van der Waals surface area contributed by atoms with Gasteiger partial charge in [0.05, 0.1) is 35.8 Å². The summed E-state index contributed by atoms with van der Waals surface area (Å²) in [6, 6.07) is 0. The molecule has 45 heavy (non-hydrogen) atoms. The molecular weight excluding hydrogens is 564 g/mol. The van der Waals surface area contributed by atoms with Gasteiger partial charge in [-0.05, 0) is 90.6 Å². The Balaban J connectivity index is 0.928. The van der Waals surface area contributed by atoms with Gasteiger partial charge in [0, 0.05) is 80.2 Å². The molecule has 2 saturated heterocycles. The van der Waals surface area contributed by atoms with Crippen molar-refractivity contribution < 1.29 is 9.47 Å². The van der Waals surface area contributed by atoms with Crippen molar-refractivity contribution in [1.29, 1.82) is 0 Å². The second-order valence-corrected chi connectivity index (χ2v) is 16.0. The molecule has 252 valence electrons. The summed E-state index contributed by atoms with van der Waals surface area (Å²) in [5.41, 5.74) is 5.67. The Labute approximate surface area is 270 Å². The second kappa shape index (κ2) is 13.7. The van der Waals surface area contributed by atoms with Crippen LogP contribution in [0.15, 0.2) is 12.4 Å². The van der Waals surface area contributed by atoms with Gasteiger partial charge in [-0.1, -0.05) is 13.8 Å². The first-order chi connectivity index (χ1) is 21.6. The quantitative estimate of drug-likeness (QED) is 0.206. The van der Waals surface area contributed by atoms with Crippen molar-refractivity contribution in [2.75, 3.05) is 53.5 Å². The highest BCUT2D eigenvalue weighted by Crippen LogP contribution is 2.50. The summed E-state index contributed by atoms with van der Waals surface area (Å²) < 4.78 is 13.0. The van der Waals surface area contributed by atoms with Gasteiger partial charge in [-0.15, -0.1) is 0 Å². The van der Waals surface area contributed by atoms with E-state index in [-0.39, 0.29) is 16.7 Å². The van der Waals surface area contributed by atoms with Crippen molar-refractivity contribution in [3.8, 4) is 0 Å². The fourth-order valence-electron chi connectivity index (χ4n) is 8.97. The van der Waals surface area contributed by atoms with Gasteiger partial charge in [0.15, 0.2) is 0 Å². The first-order valence-electron chi connectivity index (χ1n) is 17.7. The molecule has 0 aromatic carbocycles. The van der Waals surface area contributed by atoms with Crippen molar-refractivity contribution in [2.24, 2.45) is 5.41 Å². The van der Waals surface area contributed by atoms with E-state index in [1.807, 2.05) is 7.05 Å². The van der Waals surface area contributed by atoms with Gasteiger partial charge in [0.2, 0.25) is 0 Å². The molecule has 2 aliphatic carbocycles. The minimum Gasteiger partial charge on any atom is -0.374 e. The molecule has 6 rings (SSSR count). The normalized spacial score (nSPS) is 33.2. The lowest BCUT2D eigenvalue weighted by molar-refractivity contribution is -0.0305. The lowest BCUT2D eigenvalue weighted by atomic mass is 9.72. The number of nitrogens with zero attached hydrogens (tertiary/aromatic N) is 3. The van der Waals surface area contributed by atoms with Crippen LogP contribution in [0, 0.1) is 5.41 Å². The van der Waals surface area contributed by atoms with Crippen LogP contribution in [-0.4, -0.2) is 95.5 Å². The maximum absolute atomic E-state index is 6.67. The molecule has 2 aliphatic heterocycles. The predicted octanol–water partition coefficient (Wildman–Crippen LogP) is 4.58. The van der Waals surface area contributed by atoms with Crippen molar-refractivity contribution >= 4 is 0 Å². The fraction of sp³-hybridized carbons (Fsp3) is 0.829. The van der Waals surface area contributed by atoms with Crippen LogP contribution in [0.1, 0.15) is 119 Å². The zero-order valence-corrected chi connectivity index (χ0v) is 28.7. The van der Waals surface area contributed by atoms with Crippen molar-refractivity contribution in [3.05, 3.63) is 34.9 Å². The first kappa shape index (κ1) is 33.1. The number of likely N-dealkylation sites (N-methyl/N-ethyl adjacent to an activating group) is 2. The molecule has 4 fully saturated rings. The molecule has 0 radical (unpaired) electrons. The molecule has 2 saturated carbocycles. The molecule has 5 N–H and O–H groups in total. The van der Waals surface area contributed by atoms with Gasteiger partial charge in [-0.25, -0.2) is 0 Å². The minimum atomic E-state index is 0.0119. The topological polar surface area (TPSA) is 115 Å². The zero-order chi connectivity index (χ0) is 31.5. The van der Waals surface area contributed by atoms with Gasteiger partial charge >= 0.3 is 0 Å². The molecule has 1 atom stereocenters. The third-order valence-electron chi connectivity index (χ3n) is 11.8. The molecule has 10 heteroatoms. The lowest BCUT2D eigenvalue weighted by Gasteiger charge is -2.39. The van der Waals surface area contributed by atoms with Gasteiger partial charge in [-0.2, -0.15) is 10.2 Å². The van der Waals surface area contributed by atoms with Crippen molar-refractivity contribution in [3.63, 3.8) is 0 Å². The first-order valence-corrected chi connectivity index (χ1v) is 17.7. The number of ether oxygens (including phenoxy) is 2. The smallest absolute Gasteiger partial charge is 0.0702 e. The van der Waals surface area contributed by atoms with Crippen LogP contribution < -0.4 is 16.0 Å². The number of aromatic amines is 2. The maximum Gasteiger partial charge on any atom is 0.0702 e. The van der Waals surface area contributed by atoms with E-state index in [9.17, 15) is 0 Å². The lowest BCUT2D eigenvalue weighted by Crippen LogP contribution is -2.48. The summed E-state index contributed by atoms with van der Waals surface area (Å²) in [4.78, 5) is 2.53. The minimum absolute atomic E-state index is 0.0119. The van der Waals surface area contributed by atoms with Crippen LogP contribution in [0.2, 0.25) is 0 Å². The Morgan fingerprint density at radius 2 is 1.31 bits per heavy atom. The summed E-state index contributed by atoms with van der Waals surface area (Å²) in [6.07, 6.45) is 15.7. The molecule has 2 spiro atoms. The number of H-pyrrole nitrogens is 2. The largest absolute Gasteiger partial charge is 0.374 e. The predicted molar refractivity (Wildman–Crippen MR) is 178 cm³/mol. The van der Waals surface area contributed by atoms with Crippen LogP contribution >= 0.6 is 0 Å². The Morgan fingerprint density at radius 3 is 1.84 bits per heavy atom. The summed E-state index contributed by atoms with van der Waals surface area (Å²) in [5.74, 6) is 1.06. The fourth-order valence-corrected chi connectivity index (χ4v) is 8.97. The summed E-state index contributed by atoms with van der Waals surface area (Å²) in [6.45, 7) is 14.4. The van der Waals surface area contributed by atoms with Crippen LogP contribution in [0.4, 0.5) is 0 Å². The van der Waals surface area contributed by atoms with Crippen LogP contribution in [0.25, 0.3) is 0 Å². The SMILES string of the molecule is CNCCNCc1c[nH]nc1[C@H]1CC[C@]2(CC1)CC(C)(N(C)CCNCc1c[nH]nc1[C@H]1CC[C@@]3(CC1)CC(C)(C)CO3)CO2. The van der Waals surface area contributed by atoms with Gasteiger partial charge < -0.3 is 25.4 Å². The molecular formula is C35H60N8O2. The van der Waals surface area contributed by atoms with Crippen LogP contribution in [0.5, 0.6) is 0 Å². The maximum atomic E-state index is 6.67. The highest BCUT2D eigenvalue weighted by Gasteiger charge is 2.50. The third-order valence-corrected chi connectivity index (χ3v) is 11.8. The molecule has 10 nitrogen and oxygen atoms in total. The Hall–Kier alpha value is -1.82. The number of nitrogens with one attached hydrogen (secondary N) is 5. The van der Waals surface area contributed by atoms with Crippen LogP contribution in [-0.2, 0) is 22.6 Å². The molecule has 0 bridgehead atoms. The molecule has 2 aromatic heterocycles. The Morgan fingerprint density at radius 1 is 0.778 bits per heavy atom. The van der Waals surface area contributed by atoms with Gasteiger partial charge in [0.25, 0.3) is 0 Å². The molecule has 4 heterocycles. The van der Waals surface area contributed by atoms with Gasteiger partial charge in [-0.3, -0.25) is 15.1 Å². The van der Waals surface area contributed by atoms with E-state index in [2.05, 4.69) is 76.4 Å². The second-order valence-electron chi connectivity index (χ2n) is 16.0. The molecule has 0 amide bonds. The summed E-state index contributed by atoms with van der Waals surface area (Å²) >= 11 is 0. The average Bonchev–Trinajstić information content (AvgIpc) is 3.82. The number of hydrogen-bond donors (Lipinski definition) is 5. The third kappa shape index (κ3) is 7.52. The van der Waals surface area contributed by atoms with E-state index in [1.165, 1.54) is 41.8 Å². The molecule has 4 aliphatic rings. The summed E-state index contributed by atoms with van der Waals surface area (Å²) in [7, 11) is 4.27. The van der Waals surface area contributed by atoms with E-state index in [4.69, 9.17) is 14.6 Å². The van der Waals surface area contributed by atoms with E-state index in [0.29, 0.717) is 17.3 Å². The number of rotatable bonds is 13. The van der Waals surface area contributed by atoms with E-state index >= 15 is 0 Å².